The van der Waals surface area contributed by atoms with Crippen molar-refractivity contribution in [2.75, 3.05) is 73.6 Å². The molecule has 2 N–H and O–H groups in total. The third-order valence-electron chi connectivity index (χ3n) is 12.9. The summed E-state index contributed by atoms with van der Waals surface area (Å²) in [4.78, 5) is 65.7. The van der Waals surface area contributed by atoms with Crippen molar-refractivity contribution in [3.8, 4) is 6.07 Å². The van der Waals surface area contributed by atoms with Gasteiger partial charge in [0.05, 0.1) is 22.5 Å². The lowest BCUT2D eigenvalue weighted by Gasteiger charge is -2.43. The molecule has 5 aliphatic rings. The number of hydrogen-bond acceptors (Lipinski definition) is 10. The van der Waals surface area contributed by atoms with Gasteiger partial charge in [-0.3, -0.25) is 29.4 Å². The summed E-state index contributed by atoms with van der Waals surface area (Å²) in [6.45, 7) is 10.3. The van der Waals surface area contributed by atoms with E-state index in [0.29, 0.717) is 22.7 Å². The molecule has 4 amide bonds. The van der Waals surface area contributed by atoms with E-state index in [0.717, 1.165) is 108 Å². The zero-order valence-corrected chi connectivity index (χ0v) is 33.2. The molecule has 8 rings (SSSR count). The summed E-state index contributed by atoms with van der Waals surface area (Å²) >= 11 is 6.38. The number of rotatable bonds is 7. The molecule has 5 fully saturated rings. The number of halogens is 1. The molecule has 5 aliphatic heterocycles. The highest BCUT2D eigenvalue weighted by atomic mass is 35.5. The average Bonchev–Trinajstić information content (AvgIpc) is 3.56. The van der Waals surface area contributed by atoms with Crippen LogP contribution in [0.1, 0.15) is 78.3 Å². The van der Waals surface area contributed by atoms with Crippen LogP contribution in [0.25, 0.3) is 0 Å². The first-order valence-corrected chi connectivity index (χ1v) is 20.7. The van der Waals surface area contributed by atoms with Crippen LogP contribution in [0, 0.1) is 16.7 Å². The number of anilines is 3. The highest BCUT2D eigenvalue weighted by molar-refractivity contribution is 6.32. The van der Waals surface area contributed by atoms with Crippen LogP contribution in [-0.2, 0) is 9.59 Å². The van der Waals surface area contributed by atoms with Gasteiger partial charge in [-0.1, -0.05) is 11.6 Å². The average molecular weight is 792 g/mol. The Balaban J connectivity index is 0.767. The summed E-state index contributed by atoms with van der Waals surface area (Å²) in [5.41, 5.74) is 4.96. The summed E-state index contributed by atoms with van der Waals surface area (Å²) in [5.74, 6) is -1.14. The Morgan fingerprint density at radius 3 is 2.21 bits per heavy atom. The van der Waals surface area contributed by atoms with Crippen LogP contribution in [0.5, 0.6) is 0 Å². The maximum atomic E-state index is 13.6. The minimum atomic E-state index is -0.736. The lowest BCUT2D eigenvalue weighted by atomic mass is 9.76. The molecule has 0 aliphatic carbocycles. The van der Waals surface area contributed by atoms with E-state index in [1.807, 2.05) is 41.3 Å². The molecule has 6 heterocycles. The van der Waals surface area contributed by atoms with Gasteiger partial charge in [-0.15, -0.1) is 0 Å². The van der Waals surface area contributed by atoms with E-state index in [9.17, 15) is 24.4 Å². The van der Waals surface area contributed by atoms with Gasteiger partial charge in [0.2, 0.25) is 11.8 Å². The number of hydrogen-bond donors (Lipinski definition) is 2. The van der Waals surface area contributed by atoms with Crippen molar-refractivity contribution in [1.29, 1.82) is 5.26 Å². The van der Waals surface area contributed by atoms with Gasteiger partial charge in [0, 0.05) is 94.3 Å². The smallest absolute Gasteiger partial charge is 0.270 e. The van der Waals surface area contributed by atoms with Crippen LogP contribution in [0.2, 0.25) is 5.02 Å². The molecular formula is C43H50ClN9O4. The summed E-state index contributed by atoms with van der Waals surface area (Å²) < 4.78 is 0. The number of nitriles is 1. The van der Waals surface area contributed by atoms with E-state index in [2.05, 4.69) is 60.3 Å². The van der Waals surface area contributed by atoms with Crippen LogP contribution in [-0.4, -0.2) is 115 Å². The van der Waals surface area contributed by atoms with Gasteiger partial charge >= 0.3 is 0 Å². The molecule has 2 atom stereocenters. The van der Waals surface area contributed by atoms with E-state index >= 15 is 0 Å². The van der Waals surface area contributed by atoms with E-state index < -0.39 is 17.9 Å². The van der Waals surface area contributed by atoms with E-state index in [4.69, 9.17) is 11.6 Å². The summed E-state index contributed by atoms with van der Waals surface area (Å²) in [7, 11) is 0. The number of piperazine rings is 1. The fourth-order valence-corrected chi connectivity index (χ4v) is 9.80. The molecule has 14 heteroatoms. The molecule has 0 radical (unpaired) electrons. The van der Waals surface area contributed by atoms with E-state index in [1.165, 1.54) is 5.69 Å². The predicted molar refractivity (Wildman–Crippen MR) is 219 cm³/mol. The molecule has 1 aromatic heterocycles. The number of amides is 4. The Bertz CT molecular complexity index is 2030. The second kappa shape index (κ2) is 16.3. The first kappa shape index (κ1) is 38.7. The molecule has 5 saturated heterocycles. The van der Waals surface area contributed by atoms with Gasteiger partial charge in [-0.25, -0.2) is 4.98 Å². The fourth-order valence-electron chi connectivity index (χ4n) is 9.59. The van der Waals surface area contributed by atoms with Crippen LogP contribution in [0.4, 0.5) is 17.1 Å². The maximum absolute atomic E-state index is 13.6. The van der Waals surface area contributed by atoms with Crippen molar-refractivity contribution in [2.24, 2.45) is 5.41 Å². The zero-order valence-electron chi connectivity index (χ0n) is 32.5. The number of aromatic nitrogens is 1. The minimum Gasteiger partial charge on any atom is -0.371 e. The first-order chi connectivity index (χ1) is 27.6. The van der Waals surface area contributed by atoms with Gasteiger partial charge in [0.25, 0.3) is 11.8 Å². The van der Waals surface area contributed by atoms with Gasteiger partial charge in [0.15, 0.2) is 0 Å². The number of pyridine rings is 1. The fraction of sp³-hybridized carbons (Fsp3) is 0.488. The van der Waals surface area contributed by atoms with Gasteiger partial charge in [-0.2, -0.15) is 5.26 Å². The monoisotopic (exact) mass is 791 g/mol. The Morgan fingerprint density at radius 2 is 1.56 bits per heavy atom. The van der Waals surface area contributed by atoms with Crippen molar-refractivity contribution < 1.29 is 19.2 Å². The van der Waals surface area contributed by atoms with Crippen molar-refractivity contribution in [3.63, 3.8) is 0 Å². The maximum Gasteiger partial charge on any atom is 0.270 e. The van der Waals surface area contributed by atoms with Gasteiger partial charge in [0.1, 0.15) is 17.8 Å². The van der Waals surface area contributed by atoms with Crippen LogP contribution in [0.15, 0.2) is 60.8 Å². The normalized spacial score (nSPS) is 23.0. The van der Waals surface area contributed by atoms with Crippen molar-refractivity contribution in [1.82, 2.24) is 25.4 Å². The SMILES string of the molecule is C[C@H]1CC2(CCN(c3ccc(C(=O)N4CCC(N5CCN(c6ccc(C(=O)N[C@H]7CCC(=O)NC7=O)nc6)CC5)CC4)cc3)CC2)CN1c1ccc(C#N)c(Cl)c1. The molecule has 298 valence electrons. The predicted octanol–water partition coefficient (Wildman–Crippen LogP) is 4.45. The third kappa shape index (κ3) is 8.29. The van der Waals surface area contributed by atoms with E-state index in [-0.39, 0.29) is 35.8 Å². The standard InChI is InChI=1S/C43H50ClN9O4/c1-29-25-43(28-53(29)34-7-4-31(26-45)36(44)24-34)14-18-49(19-15-43)32-5-2-30(3-6-32)42(57)52-16-12-33(13-17-52)50-20-22-51(23-21-50)35-8-9-37(46-27-35)40(55)47-38-10-11-39(54)48-41(38)56/h2-9,24,27,29,33,38H,10-23,25,28H2,1H3,(H,47,55)(H,48,54,56)/t29-,38-/m0/s1. The summed E-state index contributed by atoms with van der Waals surface area (Å²) in [6.07, 6.45) is 7.46. The lowest BCUT2D eigenvalue weighted by molar-refractivity contribution is -0.134. The van der Waals surface area contributed by atoms with Crippen LogP contribution < -0.4 is 25.3 Å². The van der Waals surface area contributed by atoms with Gasteiger partial charge < -0.3 is 24.9 Å². The third-order valence-corrected chi connectivity index (χ3v) is 13.3. The Hall–Kier alpha value is -5.19. The number of nitrogens with one attached hydrogen (secondary N) is 2. The second-order valence-electron chi connectivity index (χ2n) is 16.4. The molecule has 13 nitrogen and oxygen atoms in total. The number of likely N-dealkylation sites (tertiary alicyclic amines) is 1. The topological polar surface area (TPSA) is 145 Å². The molecule has 3 aromatic rings. The number of carbonyl (C=O) groups excluding carboxylic acids is 4. The van der Waals surface area contributed by atoms with E-state index in [1.54, 1.807) is 12.3 Å². The van der Waals surface area contributed by atoms with Crippen molar-refractivity contribution in [2.45, 2.75) is 70.0 Å². The second-order valence-corrected chi connectivity index (χ2v) is 16.8. The van der Waals surface area contributed by atoms with Crippen LogP contribution in [0.3, 0.4) is 0 Å². The molecule has 0 unspecified atom stereocenters. The summed E-state index contributed by atoms with van der Waals surface area (Å²) in [6, 6.07) is 19.8. The molecule has 1 spiro atoms. The number of piperidine rings is 3. The quantitative estimate of drug-likeness (QED) is 0.330. The number of nitrogens with zero attached hydrogens (tertiary/aromatic N) is 7. The van der Waals surface area contributed by atoms with Gasteiger partial charge in [-0.05, 0) is 105 Å². The molecule has 2 aromatic carbocycles. The van der Waals surface area contributed by atoms with Crippen molar-refractivity contribution in [3.05, 3.63) is 82.6 Å². The van der Waals surface area contributed by atoms with Crippen LogP contribution >= 0.6 is 11.6 Å². The largest absolute Gasteiger partial charge is 0.371 e. The minimum absolute atomic E-state index is 0.104. The number of carbonyl (C=O) groups is 4. The van der Waals surface area contributed by atoms with Crippen molar-refractivity contribution >= 4 is 52.3 Å². The number of imide groups is 1. The Labute approximate surface area is 338 Å². The molecule has 0 bridgehead atoms. The molecule has 0 saturated carbocycles. The highest BCUT2D eigenvalue weighted by Gasteiger charge is 2.44. The number of benzene rings is 2. The lowest BCUT2D eigenvalue weighted by Crippen LogP contribution is -2.53. The Morgan fingerprint density at radius 1 is 0.877 bits per heavy atom. The zero-order chi connectivity index (χ0) is 39.7. The highest BCUT2D eigenvalue weighted by Crippen LogP contribution is 2.46. The summed E-state index contributed by atoms with van der Waals surface area (Å²) in [5, 5.41) is 14.7. The first-order valence-electron chi connectivity index (χ1n) is 20.3. The Kier molecular flexibility index (Phi) is 11.1. The molecular weight excluding hydrogens is 742 g/mol. The molecule has 57 heavy (non-hydrogen) atoms.